The lowest BCUT2D eigenvalue weighted by Crippen LogP contribution is -2.46. The molecule has 0 aliphatic carbocycles. The number of piperidine rings is 1. The molecule has 1 aliphatic heterocycles. The number of benzene rings is 1. The molecule has 8 nitrogen and oxygen atoms in total. The maximum atomic E-state index is 12.6. The number of likely N-dealkylation sites (tertiary alicyclic amines) is 1. The highest BCUT2D eigenvalue weighted by Gasteiger charge is 2.25. The smallest absolute Gasteiger partial charge is 0.257 e. The fraction of sp³-hybridized carbons (Fsp3) is 0.333. The predicted octanol–water partition coefficient (Wildman–Crippen LogP) is 1.63. The monoisotopic (exact) mass is 393 g/mol. The Balaban J connectivity index is 1.40. The number of aryl methyl sites for hydroxylation is 1. The Morgan fingerprint density at radius 1 is 1.31 bits per heavy atom. The molecule has 1 aliphatic rings. The number of H-pyrrole nitrogens is 1. The van der Waals surface area contributed by atoms with Gasteiger partial charge in [0.2, 0.25) is 11.3 Å². The molecule has 2 amide bonds. The fourth-order valence-electron chi connectivity index (χ4n) is 3.73. The third-order valence-electron chi connectivity index (χ3n) is 5.29. The molecule has 0 radical (unpaired) electrons. The van der Waals surface area contributed by atoms with Crippen molar-refractivity contribution in [1.82, 2.24) is 25.0 Å². The molecule has 29 heavy (non-hydrogen) atoms. The van der Waals surface area contributed by atoms with Gasteiger partial charge in [0, 0.05) is 36.4 Å². The van der Waals surface area contributed by atoms with E-state index >= 15 is 0 Å². The SMILES string of the molecule is Cc1cnn(C2CCCN(C(=O)CNC(=O)c3c[nH]c4ccccc4c3=O)C2)c1. The van der Waals surface area contributed by atoms with Gasteiger partial charge in [0.25, 0.3) is 5.91 Å². The third kappa shape index (κ3) is 3.91. The zero-order chi connectivity index (χ0) is 20.4. The molecule has 1 atom stereocenters. The number of para-hydroxylation sites is 1. The molecule has 150 valence electrons. The summed E-state index contributed by atoms with van der Waals surface area (Å²) in [7, 11) is 0. The Labute approximate surface area is 167 Å². The standard InChI is InChI=1S/C21H23N5O3/c1-14-9-24-26(12-14)15-5-4-8-25(13-15)19(27)11-23-21(29)17-10-22-18-7-3-2-6-16(18)20(17)28/h2-3,6-7,9-10,12,15H,4-5,8,11,13H2,1H3,(H,22,28)(H,23,29). The Bertz CT molecular complexity index is 1120. The van der Waals surface area contributed by atoms with Gasteiger partial charge in [0.15, 0.2) is 0 Å². The van der Waals surface area contributed by atoms with Gasteiger partial charge in [-0.15, -0.1) is 0 Å². The predicted molar refractivity (Wildman–Crippen MR) is 109 cm³/mol. The van der Waals surface area contributed by atoms with E-state index in [-0.39, 0.29) is 29.5 Å². The van der Waals surface area contributed by atoms with Crippen LogP contribution in [0.5, 0.6) is 0 Å². The number of fused-ring (bicyclic) bond motifs is 1. The molecule has 2 aromatic heterocycles. The van der Waals surface area contributed by atoms with Crippen molar-refractivity contribution in [3.05, 3.63) is 64.2 Å². The molecule has 1 saturated heterocycles. The van der Waals surface area contributed by atoms with Crippen LogP contribution in [0.3, 0.4) is 0 Å². The molecular formula is C21H23N5O3. The zero-order valence-corrected chi connectivity index (χ0v) is 16.2. The minimum absolute atomic E-state index is 0.0000343. The number of aromatic nitrogens is 3. The molecule has 1 fully saturated rings. The average molecular weight is 393 g/mol. The Hall–Kier alpha value is -3.42. The van der Waals surface area contributed by atoms with Crippen LogP contribution in [-0.4, -0.2) is 51.1 Å². The highest BCUT2D eigenvalue weighted by Crippen LogP contribution is 2.21. The summed E-state index contributed by atoms with van der Waals surface area (Å²) in [5, 5.41) is 7.38. The number of carbonyl (C=O) groups excluding carboxylic acids is 2. The second-order valence-corrected chi connectivity index (χ2v) is 7.39. The molecular weight excluding hydrogens is 370 g/mol. The molecule has 2 N–H and O–H groups in total. The zero-order valence-electron chi connectivity index (χ0n) is 16.2. The first-order chi connectivity index (χ1) is 14.0. The van der Waals surface area contributed by atoms with Crippen LogP contribution in [0.15, 0.2) is 47.7 Å². The Morgan fingerprint density at radius 3 is 2.93 bits per heavy atom. The number of aromatic amines is 1. The van der Waals surface area contributed by atoms with E-state index < -0.39 is 5.91 Å². The third-order valence-corrected chi connectivity index (χ3v) is 5.29. The van der Waals surface area contributed by atoms with Crippen LogP contribution in [0.4, 0.5) is 0 Å². The van der Waals surface area contributed by atoms with Crippen molar-refractivity contribution in [2.24, 2.45) is 0 Å². The summed E-state index contributed by atoms with van der Waals surface area (Å²) in [5.41, 5.74) is 1.40. The lowest BCUT2D eigenvalue weighted by molar-refractivity contribution is -0.131. The minimum atomic E-state index is -0.554. The highest BCUT2D eigenvalue weighted by molar-refractivity contribution is 5.98. The van der Waals surface area contributed by atoms with E-state index in [0.717, 1.165) is 18.4 Å². The Morgan fingerprint density at radius 2 is 2.14 bits per heavy atom. The molecule has 1 aromatic carbocycles. The molecule has 0 bridgehead atoms. The van der Waals surface area contributed by atoms with E-state index in [4.69, 9.17) is 0 Å². The second-order valence-electron chi connectivity index (χ2n) is 7.39. The van der Waals surface area contributed by atoms with Gasteiger partial charge < -0.3 is 15.2 Å². The second kappa shape index (κ2) is 7.90. The van der Waals surface area contributed by atoms with E-state index in [1.807, 2.05) is 30.1 Å². The van der Waals surface area contributed by atoms with Crippen LogP contribution in [0.25, 0.3) is 10.9 Å². The van der Waals surface area contributed by atoms with Crippen molar-refractivity contribution < 1.29 is 9.59 Å². The minimum Gasteiger partial charge on any atom is -0.360 e. The van der Waals surface area contributed by atoms with Gasteiger partial charge in [0.05, 0.1) is 18.8 Å². The van der Waals surface area contributed by atoms with Gasteiger partial charge in [-0.2, -0.15) is 5.10 Å². The van der Waals surface area contributed by atoms with Crippen LogP contribution in [0, 0.1) is 6.92 Å². The van der Waals surface area contributed by atoms with E-state index in [1.165, 1.54) is 6.20 Å². The molecule has 1 unspecified atom stereocenters. The van der Waals surface area contributed by atoms with Crippen LogP contribution in [-0.2, 0) is 4.79 Å². The van der Waals surface area contributed by atoms with Gasteiger partial charge in [-0.1, -0.05) is 12.1 Å². The summed E-state index contributed by atoms with van der Waals surface area (Å²) >= 11 is 0. The molecule has 0 saturated carbocycles. The fourth-order valence-corrected chi connectivity index (χ4v) is 3.73. The Kier molecular flexibility index (Phi) is 5.16. The van der Waals surface area contributed by atoms with Crippen LogP contribution >= 0.6 is 0 Å². The van der Waals surface area contributed by atoms with E-state index in [0.29, 0.717) is 24.0 Å². The summed E-state index contributed by atoms with van der Waals surface area (Å²) in [4.78, 5) is 42.3. The number of nitrogens with one attached hydrogen (secondary N) is 2. The number of amides is 2. The van der Waals surface area contributed by atoms with Crippen LogP contribution in [0.2, 0.25) is 0 Å². The van der Waals surface area contributed by atoms with Gasteiger partial charge in [-0.3, -0.25) is 19.1 Å². The topological polar surface area (TPSA) is 100 Å². The number of pyridine rings is 1. The normalized spacial score (nSPS) is 16.7. The molecule has 0 spiro atoms. The van der Waals surface area contributed by atoms with Crippen molar-refractivity contribution >= 4 is 22.7 Å². The largest absolute Gasteiger partial charge is 0.360 e. The van der Waals surface area contributed by atoms with E-state index in [1.54, 1.807) is 23.1 Å². The number of hydrogen-bond acceptors (Lipinski definition) is 4. The number of hydrogen-bond donors (Lipinski definition) is 2. The number of nitrogens with zero attached hydrogens (tertiary/aromatic N) is 3. The molecule has 8 heteroatoms. The first kappa shape index (κ1) is 18.9. The van der Waals surface area contributed by atoms with E-state index in [2.05, 4.69) is 15.4 Å². The van der Waals surface area contributed by atoms with Crippen LogP contribution in [0.1, 0.15) is 34.8 Å². The van der Waals surface area contributed by atoms with Gasteiger partial charge in [-0.25, -0.2) is 0 Å². The lowest BCUT2D eigenvalue weighted by atomic mass is 10.1. The lowest BCUT2D eigenvalue weighted by Gasteiger charge is -2.33. The van der Waals surface area contributed by atoms with Crippen molar-refractivity contribution in [3.8, 4) is 0 Å². The highest BCUT2D eigenvalue weighted by atomic mass is 16.2. The summed E-state index contributed by atoms with van der Waals surface area (Å²) in [6.45, 7) is 3.06. The van der Waals surface area contributed by atoms with E-state index in [9.17, 15) is 14.4 Å². The number of rotatable bonds is 4. The van der Waals surface area contributed by atoms with Crippen molar-refractivity contribution in [1.29, 1.82) is 0 Å². The summed E-state index contributed by atoms with van der Waals surface area (Å²) in [6.07, 6.45) is 7.02. The average Bonchev–Trinajstić information content (AvgIpc) is 3.19. The van der Waals surface area contributed by atoms with Crippen LogP contribution < -0.4 is 10.7 Å². The summed E-state index contributed by atoms with van der Waals surface area (Å²) in [5.74, 6) is -0.717. The van der Waals surface area contributed by atoms with Gasteiger partial charge in [-0.05, 0) is 37.5 Å². The van der Waals surface area contributed by atoms with Crippen molar-refractivity contribution in [2.75, 3.05) is 19.6 Å². The summed E-state index contributed by atoms with van der Waals surface area (Å²) < 4.78 is 1.90. The maximum Gasteiger partial charge on any atom is 0.257 e. The van der Waals surface area contributed by atoms with Gasteiger partial charge in [0.1, 0.15) is 5.56 Å². The number of carbonyl (C=O) groups is 2. The molecule has 3 heterocycles. The first-order valence-corrected chi connectivity index (χ1v) is 9.70. The molecule has 4 rings (SSSR count). The maximum absolute atomic E-state index is 12.6. The molecule has 3 aromatic rings. The van der Waals surface area contributed by atoms with Crippen molar-refractivity contribution in [3.63, 3.8) is 0 Å². The van der Waals surface area contributed by atoms with Crippen molar-refractivity contribution in [2.45, 2.75) is 25.8 Å². The van der Waals surface area contributed by atoms with Gasteiger partial charge >= 0.3 is 0 Å². The quantitative estimate of drug-likeness (QED) is 0.704. The summed E-state index contributed by atoms with van der Waals surface area (Å²) in [6, 6.07) is 7.14. The first-order valence-electron chi connectivity index (χ1n) is 9.70.